The summed E-state index contributed by atoms with van der Waals surface area (Å²) in [6, 6.07) is 7.32. The molecule has 1 saturated heterocycles. The smallest absolute Gasteiger partial charge is 0.214 e. The van der Waals surface area contributed by atoms with Crippen LogP contribution in [0, 0.1) is 17.8 Å². The van der Waals surface area contributed by atoms with E-state index in [0.717, 1.165) is 11.1 Å². The maximum atomic E-state index is 12.1. The van der Waals surface area contributed by atoms with Crippen LogP contribution in [-0.2, 0) is 10.0 Å². The van der Waals surface area contributed by atoms with Crippen molar-refractivity contribution in [2.75, 3.05) is 18.9 Å². The summed E-state index contributed by atoms with van der Waals surface area (Å²) in [5, 5.41) is 8.65. The lowest BCUT2D eigenvalue weighted by atomic mass is 10.1. The summed E-state index contributed by atoms with van der Waals surface area (Å²) in [5.41, 5.74) is 1.77. The van der Waals surface area contributed by atoms with E-state index in [1.54, 1.807) is 4.31 Å². The molecule has 0 aliphatic carbocycles. The number of sulfonamides is 1. The third-order valence-corrected chi connectivity index (χ3v) is 5.65. The SMILES string of the molecule is CC1CN(C(C)c2ccc(C#CCO)cc2)S(=O)(=O)C1. The van der Waals surface area contributed by atoms with Crippen LogP contribution in [0.4, 0.5) is 0 Å². The zero-order chi connectivity index (χ0) is 14.8. The Hall–Kier alpha value is -1.35. The van der Waals surface area contributed by atoms with Crippen LogP contribution in [0.1, 0.15) is 31.0 Å². The Labute approximate surface area is 120 Å². The van der Waals surface area contributed by atoms with Crippen LogP contribution in [0.3, 0.4) is 0 Å². The summed E-state index contributed by atoms with van der Waals surface area (Å²) in [6.45, 7) is 4.28. The molecule has 0 aromatic heterocycles. The Kier molecular flexibility index (Phi) is 4.48. The first kappa shape index (κ1) is 15.0. The molecule has 1 aliphatic heterocycles. The van der Waals surface area contributed by atoms with Crippen molar-refractivity contribution in [1.29, 1.82) is 0 Å². The molecule has 0 spiro atoms. The molecule has 1 N–H and O–H groups in total. The third-order valence-electron chi connectivity index (χ3n) is 3.48. The van der Waals surface area contributed by atoms with Gasteiger partial charge in [-0.25, -0.2) is 8.42 Å². The minimum absolute atomic E-state index is 0.162. The van der Waals surface area contributed by atoms with Crippen molar-refractivity contribution in [3.63, 3.8) is 0 Å². The van der Waals surface area contributed by atoms with Gasteiger partial charge in [0, 0.05) is 18.2 Å². The normalized spacial score (nSPS) is 23.1. The van der Waals surface area contributed by atoms with Gasteiger partial charge in [0.05, 0.1) is 5.75 Å². The highest BCUT2D eigenvalue weighted by Gasteiger charge is 2.37. The average Bonchev–Trinajstić information content (AvgIpc) is 2.69. The average molecular weight is 293 g/mol. The molecular formula is C15H19NO3S. The summed E-state index contributed by atoms with van der Waals surface area (Å²) in [6.07, 6.45) is 0. The minimum Gasteiger partial charge on any atom is -0.384 e. The summed E-state index contributed by atoms with van der Waals surface area (Å²) in [5.74, 6) is 5.82. The Morgan fingerprint density at radius 1 is 1.40 bits per heavy atom. The fraction of sp³-hybridized carbons (Fsp3) is 0.467. The Balaban J connectivity index is 2.19. The first-order chi connectivity index (χ1) is 9.44. The third kappa shape index (κ3) is 3.21. The molecule has 1 aromatic rings. The summed E-state index contributed by atoms with van der Waals surface area (Å²) in [4.78, 5) is 0. The summed E-state index contributed by atoms with van der Waals surface area (Å²) < 4.78 is 25.7. The highest BCUT2D eigenvalue weighted by molar-refractivity contribution is 7.89. The number of hydrogen-bond acceptors (Lipinski definition) is 3. The minimum atomic E-state index is -3.14. The number of benzene rings is 1. The van der Waals surface area contributed by atoms with E-state index in [0.29, 0.717) is 6.54 Å². The van der Waals surface area contributed by atoms with E-state index in [1.165, 1.54) is 0 Å². The van der Waals surface area contributed by atoms with E-state index in [1.807, 2.05) is 38.1 Å². The van der Waals surface area contributed by atoms with Crippen LogP contribution in [0.15, 0.2) is 24.3 Å². The van der Waals surface area contributed by atoms with Gasteiger partial charge in [-0.2, -0.15) is 4.31 Å². The number of hydrogen-bond donors (Lipinski definition) is 1. The van der Waals surface area contributed by atoms with Gasteiger partial charge in [0.25, 0.3) is 0 Å². The molecule has 1 aliphatic rings. The fourth-order valence-corrected chi connectivity index (χ4v) is 4.58. The van der Waals surface area contributed by atoms with Gasteiger partial charge in [-0.3, -0.25) is 0 Å². The van der Waals surface area contributed by atoms with Crippen molar-refractivity contribution < 1.29 is 13.5 Å². The lowest BCUT2D eigenvalue weighted by molar-refractivity contribution is 0.345. The van der Waals surface area contributed by atoms with Crippen molar-refractivity contribution in [3.8, 4) is 11.8 Å². The van der Waals surface area contributed by atoms with Crippen LogP contribution in [0.2, 0.25) is 0 Å². The lowest BCUT2D eigenvalue weighted by Crippen LogP contribution is -2.29. The van der Waals surface area contributed by atoms with E-state index in [9.17, 15) is 8.42 Å². The second-order valence-electron chi connectivity index (χ2n) is 5.21. The second kappa shape index (κ2) is 5.96. The molecule has 4 nitrogen and oxygen atoms in total. The van der Waals surface area contributed by atoms with Crippen molar-refractivity contribution in [2.24, 2.45) is 5.92 Å². The van der Waals surface area contributed by atoms with Crippen LogP contribution in [-0.4, -0.2) is 36.7 Å². The molecule has 5 heteroatoms. The molecule has 1 aromatic carbocycles. The highest BCUT2D eigenvalue weighted by Crippen LogP contribution is 2.30. The van der Waals surface area contributed by atoms with Gasteiger partial charge in [-0.15, -0.1) is 0 Å². The Morgan fingerprint density at radius 3 is 2.55 bits per heavy atom. The largest absolute Gasteiger partial charge is 0.384 e. The lowest BCUT2D eigenvalue weighted by Gasteiger charge is -2.23. The molecule has 0 bridgehead atoms. The van der Waals surface area contributed by atoms with E-state index >= 15 is 0 Å². The predicted octanol–water partition coefficient (Wildman–Crippen LogP) is 1.37. The molecule has 1 fully saturated rings. The first-order valence-corrected chi connectivity index (χ1v) is 8.24. The maximum Gasteiger partial charge on any atom is 0.214 e. The second-order valence-corrected chi connectivity index (χ2v) is 7.18. The molecule has 108 valence electrons. The van der Waals surface area contributed by atoms with E-state index < -0.39 is 10.0 Å². The van der Waals surface area contributed by atoms with Gasteiger partial charge in [-0.1, -0.05) is 30.9 Å². The molecule has 0 radical (unpaired) electrons. The Bertz CT molecular complexity index is 625. The zero-order valence-corrected chi connectivity index (χ0v) is 12.5. The van der Waals surface area contributed by atoms with Crippen LogP contribution in [0.25, 0.3) is 0 Å². The number of aliphatic hydroxyl groups excluding tert-OH is 1. The highest BCUT2D eigenvalue weighted by atomic mass is 32.2. The van der Waals surface area contributed by atoms with E-state index in [4.69, 9.17) is 5.11 Å². The molecule has 0 amide bonds. The van der Waals surface area contributed by atoms with Gasteiger partial charge in [0.1, 0.15) is 6.61 Å². The van der Waals surface area contributed by atoms with Crippen molar-refractivity contribution >= 4 is 10.0 Å². The molecule has 2 rings (SSSR count). The molecule has 2 unspecified atom stereocenters. The van der Waals surface area contributed by atoms with Crippen LogP contribution >= 0.6 is 0 Å². The van der Waals surface area contributed by atoms with Gasteiger partial charge in [-0.05, 0) is 30.5 Å². The standard InChI is InChI=1S/C15H19NO3S/c1-12-10-16(20(18,19)11-12)13(2)15-7-5-14(6-8-15)4-3-9-17/h5-8,12-13,17H,9-11H2,1-2H3. The Morgan fingerprint density at radius 2 is 2.05 bits per heavy atom. The van der Waals surface area contributed by atoms with Crippen molar-refractivity contribution in [1.82, 2.24) is 4.31 Å². The maximum absolute atomic E-state index is 12.1. The van der Waals surface area contributed by atoms with Gasteiger partial charge in [0.15, 0.2) is 0 Å². The zero-order valence-electron chi connectivity index (χ0n) is 11.7. The summed E-state index contributed by atoms with van der Waals surface area (Å²) in [7, 11) is -3.14. The fourth-order valence-electron chi connectivity index (χ4n) is 2.48. The quantitative estimate of drug-likeness (QED) is 0.838. The van der Waals surface area contributed by atoms with Crippen LogP contribution in [0.5, 0.6) is 0 Å². The first-order valence-electron chi connectivity index (χ1n) is 6.63. The van der Waals surface area contributed by atoms with Crippen LogP contribution < -0.4 is 0 Å². The van der Waals surface area contributed by atoms with E-state index in [-0.39, 0.29) is 24.3 Å². The van der Waals surface area contributed by atoms with Crippen molar-refractivity contribution in [3.05, 3.63) is 35.4 Å². The molecular weight excluding hydrogens is 274 g/mol. The monoisotopic (exact) mass is 293 g/mol. The topological polar surface area (TPSA) is 57.6 Å². The van der Waals surface area contributed by atoms with Crippen molar-refractivity contribution in [2.45, 2.75) is 19.9 Å². The van der Waals surface area contributed by atoms with Gasteiger partial charge >= 0.3 is 0 Å². The number of aliphatic hydroxyl groups is 1. The number of rotatable bonds is 2. The molecule has 0 saturated carbocycles. The molecule has 20 heavy (non-hydrogen) atoms. The van der Waals surface area contributed by atoms with Gasteiger partial charge < -0.3 is 5.11 Å². The van der Waals surface area contributed by atoms with Gasteiger partial charge in [0.2, 0.25) is 10.0 Å². The predicted molar refractivity (Wildman–Crippen MR) is 78.5 cm³/mol. The van der Waals surface area contributed by atoms with E-state index in [2.05, 4.69) is 11.8 Å². The molecule has 1 heterocycles. The summed E-state index contributed by atoms with van der Waals surface area (Å²) >= 11 is 0. The molecule has 2 atom stereocenters. The number of nitrogens with zero attached hydrogens (tertiary/aromatic N) is 1.